The summed E-state index contributed by atoms with van der Waals surface area (Å²) in [6.07, 6.45) is 1.82. The van der Waals surface area contributed by atoms with Crippen molar-refractivity contribution in [3.05, 3.63) is 29.8 Å². The Hall–Kier alpha value is -1.18. The molecule has 0 saturated carbocycles. The second-order valence-electron chi connectivity index (χ2n) is 2.97. The molecule has 67 valence electrons. The van der Waals surface area contributed by atoms with E-state index in [1.54, 1.807) is 7.11 Å². The van der Waals surface area contributed by atoms with Gasteiger partial charge in [0, 0.05) is 5.56 Å². The molecule has 0 aliphatic heterocycles. The predicted molar refractivity (Wildman–Crippen MR) is 59.1 cm³/mol. The molecule has 1 radical (unpaired) electrons. The molecular formula is C11H14BO. The first-order chi connectivity index (χ1) is 6.22. The molecule has 0 amide bonds. The van der Waals surface area contributed by atoms with Gasteiger partial charge in [-0.1, -0.05) is 31.1 Å². The second-order valence-corrected chi connectivity index (χ2v) is 2.97. The van der Waals surface area contributed by atoms with Crippen molar-refractivity contribution < 1.29 is 4.74 Å². The maximum absolute atomic E-state index is 5.31. The van der Waals surface area contributed by atoms with Gasteiger partial charge < -0.3 is 4.74 Å². The highest BCUT2D eigenvalue weighted by Crippen LogP contribution is 2.18. The fourth-order valence-corrected chi connectivity index (χ4v) is 1.43. The Morgan fingerprint density at radius 2 is 2.15 bits per heavy atom. The van der Waals surface area contributed by atoms with E-state index >= 15 is 0 Å². The van der Waals surface area contributed by atoms with Gasteiger partial charge in [-0.3, -0.25) is 0 Å². The minimum Gasteiger partial charge on any atom is -0.497 e. The van der Waals surface area contributed by atoms with Crippen LogP contribution in [0.3, 0.4) is 0 Å². The van der Waals surface area contributed by atoms with Crippen LogP contribution in [0.1, 0.15) is 11.1 Å². The van der Waals surface area contributed by atoms with Crippen molar-refractivity contribution in [2.45, 2.75) is 13.7 Å². The van der Waals surface area contributed by atoms with Crippen LogP contribution < -0.4 is 10.2 Å². The summed E-state index contributed by atoms with van der Waals surface area (Å²) >= 11 is 0. The maximum atomic E-state index is 5.31. The molecule has 1 aromatic rings. The number of benzene rings is 1. The van der Waals surface area contributed by atoms with Gasteiger partial charge >= 0.3 is 0 Å². The van der Waals surface area contributed by atoms with Crippen LogP contribution in [0.4, 0.5) is 0 Å². The minimum absolute atomic E-state index is 0.906. The van der Waals surface area contributed by atoms with E-state index in [-0.39, 0.29) is 0 Å². The first-order valence-electron chi connectivity index (χ1n) is 4.33. The van der Waals surface area contributed by atoms with Crippen molar-refractivity contribution in [2.24, 2.45) is 0 Å². The SMILES string of the molecule is C=Cc1cc(C)cc([B]C)c1OC. The molecular weight excluding hydrogens is 159 g/mol. The second kappa shape index (κ2) is 4.17. The molecule has 0 N–H and O–H groups in total. The Bertz CT molecular complexity index is 318. The van der Waals surface area contributed by atoms with Crippen LogP contribution in [0, 0.1) is 6.92 Å². The molecule has 0 saturated heterocycles. The maximum Gasteiger partial charge on any atom is 0.153 e. The van der Waals surface area contributed by atoms with Crippen molar-refractivity contribution >= 4 is 18.8 Å². The number of aryl methyl sites for hydroxylation is 1. The van der Waals surface area contributed by atoms with Crippen LogP contribution in [0.2, 0.25) is 6.82 Å². The van der Waals surface area contributed by atoms with Crippen LogP contribution in [0.5, 0.6) is 5.75 Å². The summed E-state index contributed by atoms with van der Waals surface area (Å²) in [7, 11) is 3.73. The fourth-order valence-electron chi connectivity index (χ4n) is 1.43. The molecule has 1 nitrogen and oxygen atoms in total. The number of rotatable bonds is 3. The lowest BCUT2D eigenvalue weighted by Gasteiger charge is -2.11. The molecule has 1 rings (SSSR count). The van der Waals surface area contributed by atoms with E-state index in [1.807, 2.05) is 20.2 Å². The molecule has 0 bridgehead atoms. The molecule has 0 heterocycles. The first-order valence-corrected chi connectivity index (χ1v) is 4.33. The molecule has 0 unspecified atom stereocenters. The third-order valence-electron chi connectivity index (χ3n) is 2.03. The number of ether oxygens (including phenoxy) is 1. The van der Waals surface area contributed by atoms with Gasteiger partial charge in [0.1, 0.15) is 5.75 Å². The van der Waals surface area contributed by atoms with Gasteiger partial charge in [-0.05, 0) is 18.5 Å². The first kappa shape index (κ1) is 9.91. The molecule has 13 heavy (non-hydrogen) atoms. The van der Waals surface area contributed by atoms with Gasteiger partial charge in [0.15, 0.2) is 7.28 Å². The van der Waals surface area contributed by atoms with E-state index in [1.165, 1.54) is 5.56 Å². The van der Waals surface area contributed by atoms with Crippen LogP contribution in [-0.2, 0) is 0 Å². The molecule has 0 spiro atoms. The smallest absolute Gasteiger partial charge is 0.153 e. The lowest BCUT2D eigenvalue weighted by atomic mass is 9.71. The molecule has 0 aliphatic rings. The largest absolute Gasteiger partial charge is 0.497 e. The molecule has 0 aliphatic carbocycles. The number of hydrogen-bond acceptors (Lipinski definition) is 1. The predicted octanol–water partition coefficient (Wildman–Crippen LogP) is 2.02. The zero-order chi connectivity index (χ0) is 9.84. The Labute approximate surface area is 80.7 Å². The van der Waals surface area contributed by atoms with Crippen LogP contribution in [0.25, 0.3) is 6.08 Å². The fraction of sp³-hybridized carbons (Fsp3) is 0.273. The van der Waals surface area contributed by atoms with Gasteiger partial charge in [0.25, 0.3) is 0 Å². The zero-order valence-electron chi connectivity index (χ0n) is 8.42. The highest BCUT2D eigenvalue weighted by atomic mass is 16.5. The van der Waals surface area contributed by atoms with Crippen molar-refractivity contribution in [3.8, 4) is 5.75 Å². The van der Waals surface area contributed by atoms with Crippen molar-refractivity contribution in [1.29, 1.82) is 0 Å². The normalized spacial score (nSPS) is 9.46. The summed E-state index contributed by atoms with van der Waals surface area (Å²) in [5.74, 6) is 0.906. The highest BCUT2D eigenvalue weighted by Gasteiger charge is 2.06. The van der Waals surface area contributed by atoms with Gasteiger partial charge in [-0.15, -0.1) is 0 Å². The zero-order valence-corrected chi connectivity index (χ0v) is 8.42. The Balaban J connectivity index is 3.33. The summed E-state index contributed by atoms with van der Waals surface area (Å²) in [4.78, 5) is 0. The standard InChI is InChI=1S/C11H14BO/c1-5-9-6-8(2)7-10(12-3)11(9)13-4/h5-7H,1H2,2-4H3. The summed E-state index contributed by atoms with van der Waals surface area (Å²) in [5.41, 5.74) is 3.40. The molecule has 2 heteroatoms. The third-order valence-corrected chi connectivity index (χ3v) is 2.03. The molecule has 0 atom stereocenters. The minimum atomic E-state index is 0.906. The monoisotopic (exact) mass is 173 g/mol. The average Bonchev–Trinajstić information content (AvgIpc) is 2.16. The van der Waals surface area contributed by atoms with E-state index in [0.717, 1.165) is 16.8 Å². The summed E-state index contributed by atoms with van der Waals surface area (Å²) in [6, 6.07) is 4.17. The lowest BCUT2D eigenvalue weighted by molar-refractivity contribution is 0.417. The van der Waals surface area contributed by atoms with Crippen molar-refractivity contribution in [1.82, 2.24) is 0 Å². The van der Waals surface area contributed by atoms with Crippen molar-refractivity contribution in [3.63, 3.8) is 0 Å². The van der Waals surface area contributed by atoms with Gasteiger partial charge in [-0.2, -0.15) is 0 Å². The van der Waals surface area contributed by atoms with E-state index in [2.05, 4.69) is 25.6 Å². The molecule has 1 aromatic carbocycles. The Morgan fingerprint density at radius 1 is 1.46 bits per heavy atom. The van der Waals surface area contributed by atoms with Gasteiger partial charge in [0.2, 0.25) is 0 Å². The summed E-state index contributed by atoms with van der Waals surface area (Å²) in [5, 5.41) is 0. The third kappa shape index (κ3) is 1.94. The van der Waals surface area contributed by atoms with E-state index in [4.69, 9.17) is 4.74 Å². The van der Waals surface area contributed by atoms with E-state index in [9.17, 15) is 0 Å². The van der Waals surface area contributed by atoms with Gasteiger partial charge in [-0.25, -0.2) is 0 Å². The molecule has 0 aromatic heterocycles. The van der Waals surface area contributed by atoms with Crippen LogP contribution >= 0.6 is 0 Å². The average molecular weight is 173 g/mol. The number of methoxy groups -OCH3 is 1. The topological polar surface area (TPSA) is 9.23 Å². The van der Waals surface area contributed by atoms with E-state index < -0.39 is 0 Å². The number of hydrogen-bond donors (Lipinski definition) is 0. The van der Waals surface area contributed by atoms with Crippen LogP contribution in [-0.4, -0.2) is 14.4 Å². The summed E-state index contributed by atoms with van der Waals surface area (Å²) in [6.45, 7) is 7.84. The van der Waals surface area contributed by atoms with E-state index in [0.29, 0.717) is 0 Å². The quantitative estimate of drug-likeness (QED) is 0.635. The Morgan fingerprint density at radius 3 is 2.62 bits per heavy atom. The van der Waals surface area contributed by atoms with Crippen molar-refractivity contribution in [2.75, 3.05) is 7.11 Å². The highest BCUT2D eigenvalue weighted by molar-refractivity contribution is 6.53. The molecule has 0 fully saturated rings. The Kier molecular flexibility index (Phi) is 3.18. The lowest BCUT2D eigenvalue weighted by Crippen LogP contribution is -2.15. The van der Waals surface area contributed by atoms with Crippen LogP contribution in [0.15, 0.2) is 18.7 Å². The summed E-state index contributed by atoms with van der Waals surface area (Å²) < 4.78 is 5.31. The van der Waals surface area contributed by atoms with Gasteiger partial charge in [0.05, 0.1) is 7.11 Å².